The molecule has 1 amide bonds. The van der Waals surface area contributed by atoms with Crippen LogP contribution in [0.1, 0.15) is 40.7 Å². The molecule has 0 saturated carbocycles. The maximum Gasteiger partial charge on any atom is 0.257 e. The molecule has 1 aromatic heterocycles. The van der Waals surface area contributed by atoms with Gasteiger partial charge >= 0.3 is 0 Å². The number of nitrogens with one attached hydrogen (secondary N) is 3. The van der Waals surface area contributed by atoms with E-state index in [4.69, 9.17) is 9.47 Å². The van der Waals surface area contributed by atoms with Gasteiger partial charge in [0.1, 0.15) is 5.82 Å². The number of ether oxygens (including phenoxy) is 2. The molecule has 0 radical (unpaired) electrons. The first-order valence-electron chi connectivity index (χ1n) is 14.5. The van der Waals surface area contributed by atoms with E-state index in [2.05, 4.69) is 21.7 Å². The molecule has 0 unspecified atom stereocenters. The van der Waals surface area contributed by atoms with Gasteiger partial charge in [0.2, 0.25) is 0 Å². The van der Waals surface area contributed by atoms with Crippen molar-refractivity contribution in [3.63, 3.8) is 0 Å². The van der Waals surface area contributed by atoms with Crippen LogP contribution in [0.3, 0.4) is 0 Å². The highest BCUT2D eigenvalue weighted by Crippen LogP contribution is 2.27. The first-order valence-corrected chi connectivity index (χ1v) is 14.5. The SMILES string of the molecule is COc1ccc(CCNCCCCCc2ccc(NC(=O)c3cccc4c(=O)c5cccc(F)c5[nH]c34)cc2)cc1OC. The van der Waals surface area contributed by atoms with Crippen molar-refractivity contribution in [2.75, 3.05) is 32.6 Å². The number of carbonyl (C=O) groups is 1. The number of halogens is 1. The van der Waals surface area contributed by atoms with Crippen molar-refractivity contribution in [1.29, 1.82) is 0 Å². The number of aromatic amines is 1. The first kappa shape index (κ1) is 29.8. The van der Waals surface area contributed by atoms with Gasteiger partial charge in [0.25, 0.3) is 5.91 Å². The molecule has 3 N–H and O–H groups in total. The maximum absolute atomic E-state index is 14.4. The summed E-state index contributed by atoms with van der Waals surface area (Å²) in [4.78, 5) is 29.1. The van der Waals surface area contributed by atoms with Crippen molar-refractivity contribution in [2.45, 2.75) is 32.1 Å². The number of hydrogen-bond acceptors (Lipinski definition) is 5. The van der Waals surface area contributed by atoms with Gasteiger partial charge in [-0.2, -0.15) is 0 Å². The Morgan fingerprint density at radius 1 is 0.767 bits per heavy atom. The van der Waals surface area contributed by atoms with E-state index >= 15 is 0 Å². The number of amides is 1. The molecule has 43 heavy (non-hydrogen) atoms. The highest BCUT2D eigenvalue weighted by Gasteiger charge is 2.15. The van der Waals surface area contributed by atoms with Crippen molar-refractivity contribution < 1.29 is 18.7 Å². The minimum Gasteiger partial charge on any atom is -0.493 e. The molecule has 8 heteroatoms. The molecule has 4 aromatic carbocycles. The average molecular weight is 582 g/mol. The van der Waals surface area contributed by atoms with Gasteiger partial charge in [0.15, 0.2) is 16.9 Å². The topological polar surface area (TPSA) is 92.5 Å². The number of hydrogen-bond donors (Lipinski definition) is 3. The zero-order chi connectivity index (χ0) is 30.2. The number of pyridine rings is 1. The van der Waals surface area contributed by atoms with Crippen LogP contribution >= 0.6 is 0 Å². The van der Waals surface area contributed by atoms with E-state index in [0.29, 0.717) is 16.6 Å². The van der Waals surface area contributed by atoms with Crippen LogP contribution in [-0.2, 0) is 12.8 Å². The van der Waals surface area contributed by atoms with E-state index in [1.165, 1.54) is 23.3 Å². The van der Waals surface area contributed by atoms with E-state index in [9.17, 15) is 14.0 Å². The van der Waals surface area contributed by atoms with Gasteiger partial charge < -0.3 is 25.1 Å². The lowest BCUT2D eigenvalue weighted by Gasteiger charge is -2.10. The second-order valence-corrected chi connectivity index (χ2v) is 10.5. The molecule has 0 fully saturated rings. The average Bonchev–Trinajstić information content (AvgIpc) is 3.03. The number of fused-ring (bicyclic) bond motifs is 2. The van der Waals surface area contributed by atoms with Gasteiger partial charge in [-0.05, 0) is 98.4 Å². The lowest BCUT2D eigenvalue weighted by Crippen LogP contribution is -2.18. The zero-order valence-electron chi connectivity index (χ0n) is 24.5. The fourth-order valence-corrected chi connectivity index (χ4v) is 5.28. The largest absolute Gasteiger partial charge is 0.493 e. The number of aromatic nitrogens is 1. The third-order valence-corrected chi connectivity index (χ3v) is 7.63. The minimum absolute atomic E-state index is 0.0926. The molecular weight excluding hydrogens is 545 g/mol. The van der Waals surface area contributed by atoms with Gasteiger partial charge in [-0.1, -0.05) is 36.8 Å². The molecule has 0 saturated heterocycles. The fraction of sp³-hybridized carbons (Fsp3) is 0.257. The molecule has 0 aliphatic rings. The number of aryl methyl sites for hydroxylation is 1. The second-order valence-electron chi connectivity index (χ2n) is 10.5. The number of benzene rings is 4. The highest BCUT2D eigenvalue weighted by atomic mass is 19.1. The Morgan fingerprint density at radius 3 is 2.26 bits per heavy atom. The van der Waals surface area contributed by atoms with E-state index in [1.54, 1.807) is 38.5 Å². The number of anilines is 1. The quantitative estimate of drug-likeness (QED) is 0.107. The van der Waals surface area contributed by atoms with E-state index in [0.717, 1.165) is 56.7 Å². The number of unbranched alkanes of at least 4 members (excludes halogenated alkanes) is 2. The molecule has 5 rings (SSSR count). The predicted octanol–water partition coefficient (Wildman–Crippen LogP) is 6.64. The Hall–Kier alpha value is -4.69. The number of para-hydroxylation sites is 2. The minimum atomic E-state index is -0.537. The van der Waals surface area contributed by atoms with Crippen molar-refractivity contribution >= 4 is 33.4 Å². The van der Waals surface area contributed by atoms with E-state index in [-0.39, 0.29) is 27.8 Å². The van der Waals surface area contributed by atoms with Crippen LogP contribution in [-0.4, -0.2) is 38.2 Å². The summed E-state index contributed by atoms with van der Waals surface area (Å²) in [5.74, 6) is 0.586. The van der Waals surface area contributed by atoms with Crippen LogP contribution in [0.5, 0.6) is 11.5 Å². The van der Waals surface area contributed by atoms with Crippen molar-refractivity contribution in [3.05, 3.63) is 112 Å². The summed E-state index contributed by atoms with van der Waals surface area (Å²) < 4.78 is 25.1. The molecule has 0 aliphatic carbocycles. The number of methoxy groups -OCH3 is 2. The number of H-pyrrole nitrogens is 1. The third kappa shape index (κ3) is 7.04. The van der Waals surface area contributed by atoms with Crippen molar-refractivity contribution in [2.24, 2.45) is 0 Å². The Morgan fingerprint density at radius 2 is 1.49 bits per heavy atom. The predicted molar refractivity (Wildman–Crippen MR) is 170 cm³/mol. The first-order chi connectivity index (χ1) is 21.0. The number of rotatable bonds is 13. The van der Waals surface area contributed by atoms with E-state index < -0.39 is 5.82 Å². The van der Waals surface area contributed by atoms with Gasteiger partial charge in [0.05, 0.1) is 30.8 Å². The molecule has 0 spiro atoms. The lowest BCUT2D eigenvalue weighted by atomic mass is 10.0. The summed E-state index contributed by atoms with van der Waals surface area (Å²) in [5.41, 5.74) is 3.44. The Balaban J connectivity index is 1.07. The van der Waals surface area contributed by atoms with Gasteiger partial charge in [-0.3, -0.25) is 9.59 Å². The summed E-state index contributed by atoms with van der Waals surface area (Å²) in [7, 11) is 3.29. The maximum atomic E-state index is 14.4. The summed E-state index contributed by atoms with van der Waals surface area (Å²) in [5, 5.41) is 7.01. The fourth-order valence-electron chi connectivity index (χ4n) is 5.28. The molecule has 222 valence electrons. The van der Waals surface area contributed by atoms with Crippen LogP contribution in [0.15, 0.2) is 83.7 Å². The van der Waals surface area contributed by atoms with Gasteiger partial charge in [0, 0.05) is 16.5 Å². The molecule has 7 nitrogen and oxygen atoms in total. The summed E-state index contributed by atoms with van der Waals surface area (Å²) in [6, 6.07) is 23.1. The highest BCUT2D eigenvalue weighted by molar-refractivity contribution is 6.13. The summed E-state index contributed by atoms with van der Waals surface area (Å²) >= 11 is 0. The summed E-state index contributed by atoms with van der Waals surface area (Å²) in [6.45, 7) is 1.88. The van der Waals surface area contributed by atoms with Crippen molar-refractivity contribution in [3.8, 4) is 11.5 Å². The monoisotopic (exact) mass is 581 g/mol. The third-order valence-electron chi connectivity index (χ3n) is 7.63. The zero-order valence-corrected chi connectivity index (χ0v) is 24.5. The number of carbonyl (C=O) groups excluding carboxylic acids is 1. The van der Waals surface area contributed by atoms with Crippen LogP contribution in [0.4, 0.5) is 10.1 Å². The van der Waals surface area contributed by atoms with Crippen LogP contribution in [0.2, 0.25) is 0 Å². The van der Waals surface area contributed by atoms with Gasteiger partial charge in [-0.25, -0.2) is 4.39 Å². The van der Waals surface area contributed by atoms with Crippen LogP contribution in [0, 0.1) is 5.82 Å². The van der Waals surface area contributed by atoms with E-state index in [1.807, 2.05) is 36.4 Å². The lowest BCUT2D eigenvalue weighted by molar-refractivity contribution is 0.102. The molecule has 1 heterocycles. The van der Waals surface area contributed by atoms with Crippen molar-refractivity contribution in [1.82, 2.24) is 10.3 Å². The standard InChI is InChI=1S/C35H36FN3O4/c1-42-30-18-15-24(22-31(30)43-2)19-21-37-20-5-3-4-8-23-13-16-25(17-14-23)38-35(41)28-11-6-9-26-32(28)39-33-27(34(26)40)10-7-12-29(33)36/h6-7,9-18,22,37H,3-5,8,19-21H2,1-2H3,(H,38,41)(H,39,40). The second kappa shape index (κ2) is 14.0. The molecule has 0 bridgehead atoms. The van der Waals surface area contributed by atoms with Gasteiger partial charge in [-0.15, -0.1) is 0 Å². The van der Waals surface area contributed by atoms with Crippen LogP contribution in [0.25, 0.3) is 21.8 Å². The molecule has 0 atom stereocenters. The normalized spacial score (nSPS) is 11.1. The Labute approximate surface area is 250 Å². The summed E-state index contributed by atoms with van der Waals surface area (Å²) in [6.07, 6.45) is 5.19. The van der Waals surface area contributed by atoms with Crippen LogP contribution < -0.4 is 25.5 Å². The molecule has 5 aromatic rings. The molecular formula is C35H36FN3O4. The Bertz CT molecular complexity index is 1780. The molecule has 0 aliphatic heterocycles. The Kier molecular flexibility index (Phi) is 9.69. The smallest absolute Gasteiger partial charge is 0.257 e.